The van der Waals surface area contributed by atoms with Crippen molar-refractivity contribution in [2.24, 2.45) is 7.05 Å². The zero-order valence-electron chi connectivity index (χ0n) is 14.2. The van der Waals surface area contributed by atoms with E-state index < -0.39 is 0 Å². The SMILES string of the molecule is Cn1cc([C@@H]2CCCN2C(=O)c2cccc(Cn3ccnc3)c2)cn1. The van der Waals surface area contributed by atoms with Gasteiger partial charge in [-0.3, -0.25) is 9.48 Å². The maximum absolute atomic E-state index is 13.1. The Hall–Kier alpha value is -2.89. The number of benzene rings is 1. The van der Waals surface area contributed by atoms with Crippen LogP contribution in [-0.4, -0.2) is 36.7 Å². The summed E-state index contributed by atoms with van der Waals surface area (Å²) in [5, 5.41) is 4.25. The van der Waals surface area contributed by atoms with Crippen LogP contribution in [0.3, 0.4) is 0 Å². The van der Waals surface area contributed by atoms with Crippen LogP contribution in [0.5, 0.6) is 0 Å². The van der Waals surface area contributed by atoms with Crippen LogP contribution < -0.4 is 0 Å². The molecule has 0 spiro atoms. The van der Waals surface area contributed by atoms with E-state index >= 15 is 0 Å². The predicted molar refractivity (Wildman–Crippen MR) is 94.0 cm³/mol. The number of hydrogen-bond donors (Lipinski definition) is 0. The zero-order chi connectivity index (χ0) is 17.2. The second-order valence-corrected chi connectivity index (χ2v) is 6.54. The van der Waals surface area contributed by atoms with E-state index in [-0.39, 0.29) is 11.9 Å². The van der Waals surface area contributed by atoms with Crippen molar-refractivity contribution in [3.8, 4) is 0 Å². The highest BCUT2D eigenvalue weighted by molar-refractivity contribution is 5.94. The van der Waals surface area contributed by atoms with Gasteiger partial charge in [0.05, 0.1) is 18.6 Å². The second-order valence-electron chi connectivity index (χ2n) is 6.54. The Bertz CT molecular complexity index is 868. The topological polar surface area (TPSA) is 56.0 Å². The predicted octanol–water partition coefficient (Wildman–Crippen LogP) is 2.64. The Balaban J connectivity index is 1.55. The highest BCUT2D eigenvalue weighted by Gasteiger charge is 2.31. The van der Waals surface area contributed by atoms with Crippen LogP contribution >= 0.6 is 0 Å². The first-order chi connectivity index (χ1) is 12.2. The fraction of sp³-hybridized carbons (Fsp3) is 0.316. The normalized spacial score (nSPS) is 17.2. The van der Waals surface area contributed by atoms with E-state index in [1.165, 1.54) is 0 Å². The van der Waals surface area contributed by atoms with Gasteiger partial charge in [0.1, 0.15) is 0 Å². The lowest BCUT2D eigenvalue weighted by Gasteiger charge is -2.24. The van der Waals surface area contributed by atoms with Gasteiger partial charge in [0.2, 0.25) is 0 Å². The van der Waals surface area contributed by atoms with Crippen LogP contribution in [0.2, 0.25) is 0 Å². The molecule has 6 heteroatoms. The fourth-order valence-electron chi connectivity index (χ4n) is 3.53. The Kier molecular flexibility index (Phi) is 4.09. The van der Waals surface area contributed by atoms with Gasteiger partial charge in [-0.25, -0.2) is 4.98 Å². The lowest BCUT2D eigenvalue weighted by Crippen LogP contribution is -2.30. The average molecular weight is 335 g/mol. The maximum atomic E-state index is 13.1. The van der Waals surface area contributed by atoms with E-state index in [4.69, 9.17) is 0 Å². The minimum absolute atomic E-state index is 0.0961. The van der Waals surface area contributed by atoms with Gasteiger partial charge in [0, 0.05) is 49.9 Å². The van der Waals surface area contributed by atoms with Crippen molar-refractivity contribution < 1.29 is 4.79 Å². The molecule has 1 aromatic carbocycles. The van der Waals surface area contributed by atoms with Gasteiger partial charge in [-0.1, -0.05) is 12.1 Å². The second kappa shape index (κ2) is 6.55. The standard InChI is InChI=1S/C19H21N5O/c1-22-13-17(11-21-22)18-6-3-8-24(18)19(25)16-5-2-4-15(10-16)12-23-9-7-20-14-23/h2,4-5,7,9-11,13-14,18H,3,6,8,12H2,1H3/t18-/m0/s1. The molecule has 0 N–H and O–H groups in total. The van der Waals surface area contributed by atoms with Crippen LogP contribution in [0.15, 0.2) is 55.4 Å². The first-order valence-electron chi connectivity index (χ1n) is 8.55. The van der Waals surface area contributed by atoms with E-state index in [0.717, 1.165) is 36.1 Å². The van der Waals surface area contributed by atoms with Crippen molar-refractivity contribution in [1.82, 2.24) is 24.2 Å². The summed E-state index contributed by atoms with van der Waals surface area (Å²) in [7, 11) is 1.91. The summed E-state index contributed by atoms with van der Waals surface area (Å²) < 4.78 is 3.79. The van der Waals surface area contributed by atoms with Crippen molar-refractivity contribution in [2.45, 2.75) is 25.4 Å². The molecule has 1 atom stereocenters. The quantitative estimate of drug-likeness (QED) is 0.736. The molecule has 1 fully saturated rings. The molecule has 0 aliphatic carbocycles. The fourth-order valence-corrected chi connectivity index (χ4v) is 3.53. The number of carbonyl (C=O) groups excluding carboxylic acids is 1. The van der Waals surface area contributed by atoms with Crippen molar-refractivity contribution in [3.63, 3.8) is 0 Å². The molecular formula is C19H21N5O. The van der Waals surface area contributed by atoms with E-state index in [1.54, 1.807) is 17.2 Å². The highest BCUT2D eigenvalue weighted by atomic mass is 16.2. The lowest BCUT2D eigenvalue weighted by atomic mass is 10.1. The molecule has 1 amide bonds. The molecule has 0 bridgehead atoms. The summed E-state index contributed by atoms with van der Waals surface area (Å²) in [6, 6.07) is 8.01. The molecule has 3 heterocycles. The average Bonchev–Trinajstić information content (AvgIpc) is 3.35. The molecule has 1 aliphatic rings. The third-order valence-corrected chi connectivity index (χ3v) is 4.72. The summed E-state index contributed by atoms with van der Waals surface area (Å²) in [5.41, 5.74) is 2.96. The van der Waals surface area contributed by atoms with Gasteiger partial charge in [-0.15, -0.1) is 0 Å². The Morgan fingerprint density at radius 2 is 2.28 bits per heavy atom. The number of aromatic nitrogens is 4. The van der Waals surface area contributed by atoms with E-state index in [0.29, 0.717) is 6.54 Å². The maximum Gasteiger partial charge on any atom is 0.254 e. The summed E-state index contributed by atoms with van der Waals surface area (Å²) in [6.45, 7) is 1.51. The molecule has 0 unspecified atom stereocenters. The van der Waals surface area contributed by atoms with Crippen LogP contribution in [0, 0.1) is 0 Å². The van der Waals surface area contributed by atoms with Gasteiger partial charge in [-0.2, -0.15) is 5.10 Å². The molecule has 2 aromatic heterocycles. The van der Waals surface area contributed by atoms with Crippen LogP contribution in [0.1, 0.15) is 40.4 Å². The third kappa shape index (κ3) is 3.20. The number of aryl methyl sites for hydroxylation is 1. The van der Waals surface area contributed by atoms with Gasteiger partial charge in [0.15, 0.2) is 0 Å². The summed E-state index contributed by atoms with van der Waals surface area (Å²) in [5.74, 6) is 0.0961. The zero-order valence-corrected chi connectivity index (χ0v) is 14.2. The third-order valence-electron chi connectivity index (χ3n) is 4.72. The van der Waals surface area contributed by atoms with Crippen molar-refractivity contribution in [1.29, 1.82) is 0 Å². The van der Waals surface area contributed by atoms with Gasteiger partial charge in [0.25, 0.3) is 5.91 Å². The van der Waals surface area contributed by atoms with Crippen molar-refractivity contribution >= 4 is 5.91 Å². The van der Waals surface area contributed by atoms with Crippen LogP contribution in [-0.2, 0) is 13.6 Å². The Labute approximate surface area is 146 Å². The van der Waals surface area contributed by atoms with E-state index in [9.17, 15) is 4.79 Å². The molecular weight excluding hydrogens is 314 g/mol. The van der Waals surface area contributed by atoms with Gasteiger partial charge >= 0.3 is 0 Å². The minimum Gasteiger partial charge on any atom is -0.333 e. The molecule has 6 nitrogen and oxygen atoms in total. The molecule has 25 heavy (non-hydrogen) atoms. The number of rotatable bonds is 4. The Morgan fingerprint density at radius 1 is 1.36 bits per heavy atom. The van der Waals surface area contributed by atoms with Crippen molar-refractivity contribution in [3.05, 3.63) is 72.1 Å². The molecule has 1 aliphatic heterocycles. The van der Waals surface area contributed by atoms with E-state index in [1.807, 2.05) is 59.4 Å². The molecule has 3 aromatic rings. The number of imidazole rings is 1. The number of carbonyl (C=O) groups is 1. The number of likely N-dealkylation sites (tertiary alicyclic amines) is 1. The molecule has 128 valence electrons. The first-order valence-corrected chi connectivity index (χ1v) is 8.55. The summed E-state index contributed by atoms with van der Waals surface area (Å²) in [4.78, 5) is 19.1. The smallest absolute Gasteiger partial charge is 0.254 e. The monoisotopic (exact) mass is 335 g/mol. The summed E-state index contributed by atoms with van der Waals surface area (Å²) >= 11 is 0. The first kappa shape index (κ1) is 15.6. The summed E-state index contributed by atoms with van der Waals surface area (Å²) in [6.07, 6.45) is 11.4. The number of hydrogen-bond acceptors (Lipinski definition) is 3. The largest absolute Gasteiger partial charge is 0.333 e. The molecule has 1 saturated heterocycles. The molecule has 0 saturated carbocycles. The number of nitrogens with zero attached hydrogens (tertiary/aromatic N) is 5. The lowest BCUT2D eigenvalue weighted by molar-refractivity contribution is 0.0735. The van der Waals surface area contributed by atoms with E-state index in [2.05, 4.69) is 10.1 Å². The van der Waals surface area contributed by atoms with Crippen LogP contribution in [0.25, 0.3) is 0 Å². The Morgan fingerprint density at radius 3 is 3.04 bits per heavy atom. The number of amides is 1. The molecule has 0 radical (unpaired) electrons. The minimum atomic E-state index is 0.0961. The highest BCUT2D eigenvalue weighted by Crippen LogP contribution is 2.32. The van der Waals surface area contributed by atoms with Crippen LogP contribution in [0.4, 0.5) is 0 Å². The van der Waals surface area contributed by atoms with Gasteiger partial charge in [-0.05, 0) is 30.5 Å². The van der Waals surface area contributed by atoms with Crippen molar-refractivity contribution in [2.75, 3.05) is 6.54 Å². The van der Waals surface area contributed by atoms with Gasteiger partial charge < -0.3 is 9.47 Å². The molecule has 4 rings (SSSR count).